The third-order valence-corrected chi connectivity index (χ3v) is 4.04. The minimum Gasteiger partial charge on any atom is -0.478 e. The first-order chi connectivity index (χ1) is 13.5. The smallest absolute Gasteiger partial charge is 0.335 e. The lowest BCUT2D eigenvalue weighted by molar-refractivity contribution is 0.0697. The van der Waals surface area contributed by atoms with Crippen LogP contribution in [0.1, 0.15) is 10.4 Å². The second kappa shape index (κ2) is 6.88. The summed E-state index contributed by atoms with van der Waals surface area (Å²) in [6, 6.07) is 13.6. The van der Waals surface area contributed by atoms with E-state index in [1.165, 1.54) is 40.9 Å². The minimum absolute atomic E-state index is 0.132. The SMILES string of the molecule is Nc1nn2c(-c3ccc(F)cc3)ccnc2c1N=Nc1ccc(C(=O)O)cc1. The van der Waals surface area contributed by atoms with Crippen LogP contribution >= 0.6 is 0 Å². The van der Waals surface area contributed by atoms with Gasteiger partial charge in [-0.05, 0) is 54.6 Å². The number of anilines is 1. The van der Waals surface area contributed by atoms with Crippen molar-refractivity contribution in [2.45, 2.75) is 0 Å². The lowest BCUT2D eigenvalue weighted by Crippen LogP contribution is -1.96. The number of carboxylic acid groups (broad SMARTS) is 1. The molecule has 0 saturated carbocycles. The fourth-order valence-corrected chi connectivity index (χ4v) is 2.66. The van der Waals surface area contributed by atoms with Gasteiger partial charge in [-0.15, -0.1) is 10.2 Å². The molecule has 0 aliphatic carbocycles. The monoisotopic (exact) mass is 376 g/mol. The average molecular weight is 376 g/mol. The maximum absolute atomic E-state index is 13.2. The van der Waals surface area contributed by atoms with Gasteiger partial charge in [0.05, 0.1) is 16.9 Å². The topological polar surface area (TPSA) is 118 Å². The van der Waals surface area contributed by atoms with Gasteiger partial charge in [-0.1, -0.05) is 0 Å². The van der Waals surface area contributed by atoms with Gasteiger partial charge in [0, 0.05) is 11.8 Å². The van der Waals surface area contributed by atoms with Crippen LogP contribution in [0.25, 0.3) is 16.9 Å². The van der Waals surface area contributed by atoms with Crippen molar-refractivity contribution in [1.29, 1.82) is 0 Å². The lowest BCUT2D eigenvalue weighted by Gasteiger charge is -2.04. The maximum Gasteiger partial charge on any atom is 0.335 e. The zero-order valence-corrected chi connectivity index (χ0v) is 14.3. The number of carbonyl (C=O) groups is 1. The van der Waals surface area contributed by atoms with E-state index in [4.69, 9.17) is 10.8 Å². The Morgan fingerprint density at radius 2 is 1.75 bits per heavy atom. The van der Waals surface area contributed by atoms with E-state index in [1.807, 2.05) is 0 Å². The Labute approximate surface area is 157 Å². The predicted molar refractivity (Wildman–Crippen MR) is 100 cm³/mol. The Bertz CT molecular complexity index is 1200. The summed E-state index contributed by atoms with van der Waals surface area (Å²) in [5.41, 5.74) is 8.69. The largest absolute Gasteiger partial charge is 0.478 e. The second-order valence-electron chi connectivity index (χ2n) is 5.86. The number of hydrogen-bond donors (Lipinski definition) is 2. The quantitative estimate of drug-likeness (QED) is 0.517. The van der Waals surface area contributed by atoms with Gasteiger partial charge in [0.25, 0.3) is 0 Å². The molecule has 2 aromatic heterocycles. The highest BCUT2D eigenvalue weighted by Gasteiger charge is 2.15. The molecule has 0 bridgehead atoms. The van der Waals surface area contributed by atoms with Crippen molar-refractivity contribution in [1.82, 2.24) is 14.6 Å². The summed E-state index contributed by atoms with van der Waals surface area (Å²) in [5.74, 6) is -1.22. The molecule has 0 saturated heterocycles. The van der Waals surface area contributed by atoms with E-state index in [-0.39, 0.29) is 22.9 Å². The summed E-state index contributed by atoms with van der Waals surface area (Å²) >= 11 is 0. The summed E-state index contributed by atoms with van der Waals surface area (Å²) in [6.45, 7) is 0. The predicted octanol–water partition coefficient (Wildman–Crippen LogP) is 4.23. The molecule has 2 aromatic carbocycles. The average Bonchev–Trinajstić information content (AvgIpc) is 3.02. The number of hydrogen-bond acceptors (Lipinski definition) is 6. The third kappa shape index (κ3) is 3.16. The van der Waals surface area contributed by atoms with Crippen molar-refractivity contribution in [3.63, 3.8) is 0 Å². The van der Waals surface area contributed by atoms with Crippen LogP contribution in [-0.2, 0) is 0 Å². The van der Waals surface area contributed by atoms with Gasteiger partial charge < -0.3 is 10.8 Å². The van der Waals surface area contributed by atoms with Gasteiger partial charge in [0.1, 0.15) is 5.82 Å². The number of halogens is 1. The number of fused-ring (bicyclic) bond motifs is 1. The molecule has 0 spiro atoms. The first-order valence-corrected chi connectivity index (χ1v) is 8.17. The van der Waals surface area contributed by atoms with Crippen molar-refractivity contribution < 1.29 is 14.3 Å². The zero-order valence-electron chi connectivity index (χ0n) is 14.3. The fraction of sp³-hybridized carbons (Fsp3) is 0. The van der Waals surface area contributed by atoms with Crippen molar-refractivity contribution in [3.05, 3.63) is 72.2 Å². The fourth-order valence-electron chi connectivity index (χ4n) is 2.66. The standard InChI is InChI=1S/C19H13FN6O2/c20-13-5-1-11(2-6-13)15-9-10-22-18-16(17(21)25-26(15)18)24-23-14-7-3-12(4-8-14)19(27)28/h1-10H,(H2,21,25)(H,27,28). The van der Waals surface area contributed by atoms with E-state index in [2.05, 4.69) is 20.3 Å². The third-order valence-electron chi connectivity index (χ3n) is 4.04. The molecule has 8 nitrogen and oxygen atoms in total. The normalized spacial score (nSPS) is 11.3. The first kappa shape index (κ1) is 17.3. The Kier molecular flexibility index (Phi) is 4.24. The molecule has 0 unspecified atom stereocenters. The summed E-state index contributed by atoms with van der Waals surface area (Å²) in [7, 11) is 0. The summed E-state index contributed by atoms with van der Waals surface area (Å²) in [6.07, 6.45) is 1.58. The van der Waals surface area contributed by atoms with E-state index in [9.17, 15) is 9.18 Å². The molecular formula is C19H13FN6O2. The molecule has 4 aromatic rings. The van der Waals surface area contributed by atoms with Crippen molar-refractivity contribution in [2.24, 2.45) is 10.2 Å². The first-order valence-electron chi connectivity index (χ1n) is 8.17. The number of benzene rings is 2. The Balaban J connectivity index is 1.74. The van der Waals surface area contributed by atoms with Crippen molar-refractivity contribution in [2.75, 3.05) is 5.73 Å². The van der Waals surface area contributed by atoms with E-state index in [0.29, 0.717) is 17.0 Å². The molecular weight excluding hydrogens is 363 g/mol. The molecule has 0 amide bonds. The molecule has 0 radical (unpaired) electrons. The Hall–Kier alpha value is -4.14. The second-order valence-corrected chi connectivity index (χ2v) is 5.86. The highest BCUT2D eigenvalue weighted by Crippen LogP contribution is 2.31. The van der Waals surface area contributed by atoms with E-state index >= 15 is 0 Å². The van der Waals surface area contributed by atoms with Gasteiger partial charge in [0.15, 0.2) is 17.2 Å². The number of nitrogen functional groups attached to an aromatic ring is 1. The summed E-state index contributed by atoms with van der Waals surface area (Å²) in [4.78, 5) is 15.2. The zero-order chi connectivity index (χ0) is 19.7. The number of carboxylic acids is 1. The molecule has 3 N–H and O–H groups in total. The van der Waals surface area contributed by atoms with Crippen LogP contribution < -0.4 is 5.73 Å². The van der Waals surface area contributed by atoms with Crippen molar-refractivity contribution in [3.8, 4) is 11.3 Å². The van der Waals surface area contributed by atoms with Crippen LogP contribution in [0.4, 0.5) is 21.6 Å². The number of aromatic carboxylic acids is 1. The lowest BCUT2D eigenvalue weighted by atomic mass is 10.1. The van der Waals surface area contributed by atoms with Gasteiger partial charge in [-0.3, -0.25) is 0 Å². The molecule has 4 rings (SSSR count). The molecule has 9 heteroatoms. The van der Waals surface area contributed by atoms with E-state index in [0.717, 1.165) is 5.56 Å². The maximum atomic E-state index is 13.2. The van der Waals surface area contributed by atoms with Crippen LogP contribution in [0, 0.1) is 5.82 Å². The van der Waals surface area contributed by atoms with Gasteiger partial charge in [0.2, 0.25) is 0 Å². The number of rotatable bonds is 4. The van der Waals surface area contributed by atoms with Gasteiger partial charge in [-0.25, -0.2) is 18.7 Å². The van der Waals surface area contributed by atoms with Crippen LogP contribution in [0.15, 0.2) is 71.0 Å². The highest BCUT2D eigenvalue weighted by molar-refractivity contribution is 5.87. The molecule has 0 atom stereocenters. The number of azo groups is 1. The summed E-state index contributed by atoms with van der Waals surface area (Å²) in [5, 5.41) is 21.4. The molecule has 28 heavy (non-hydrogen) atoms. The Morgan fingerprint density at radius 3 is 2.43 bits per heavy atom. The van der Waals surface area contributed by atoms with Crippen LogP contribution in [-0.4, -0.2) is 25.7 Å². The minimum atomic E-state index is -1.02. The van der Waals surface area contributed by atoms with E-state index in [1.54, 1.807) is 24.4 Å². The van der Waals surface area contributed by atoms with Crippen LogP contribution in [0.5, 0.6) is 0 Å². The van der Waals surface area contributed by atoms with Gasteiger partial charge >= 0.3 is 5.97 Å². The Morgan fingerprint density at radius 1 is 1.04 bits per heavy atom. The molecule has 0 aliphatic rings. The molecule has 0 aliphatic heterocycles. The number of nitrogens with two attached hydrogens (primary N) is 1. The summed E-state index contributed by atoms with van der Waals surface area (Å²) < 4.78 is 14.7. The van der Waals surface area contributed by atoms with Crippen molar-refractivity contribution >= 4 is 28.8 Å². The number of aromatic nitrogens is 3. The molecule has 2 heterocycles. The molecule has 138 valence electrons. The number of nitrogens with zero attached hydrogens (tertiary/aromatic N) is 5. The highest BCUT2D eigenvalue weighted by atomic mass is 19.1. The van der Waals surface area contributed by atoms with E-state index < -0.39 is 5.97 Å². The van der Waals surface area contributed by atoms with Crippen LogP contribution in [0.2, 0.25) is 0 Å². The van der Waals surface area contributed by atoms with Crippen LogP contribution in [0.3, 0.4) is 0 Å². The van der Waals surface area contributed by atoms with Gasteiger partial charge in [-0.2, -0.15) is 5.11 Å². The molecule has 0 fully saturated rings.